The van der Waals surface area contributed by atoms with Gasteiger partial charge in [0.2, 0.25) is 11.8 Å². The van der Waals surface area contributed by atoms with Gasteiger partial charge in [0.1, 0.15) is 0 Å². The van der Waals surface area contributed by atoms with E-state index >= 15 is 0 Å². The maximum atomic E-state index is 13.3. The standard InChI is InChI=1S/C32H34N6O4/c1-3-10-28(39)38-30(34-35-36-38)27-14-8-7-13-26(27)25-17-15-24(16-18-25)22-33-32(31(41)42-2)19-9-20-37(32)29(40)21-23-11-5-4-6-12-23/h4-8,11-18,33H,3,9-10,19-22H2,1-2H3. The fraction of sp³-hybridized carbons (Fsp3) is 0.312. The Morgan fingerprint density at radius 2 is 1.62 bits per heavy atom. The third kappa shape index (κ3) is 5.84. The van der Waals surface area contributed by atoms with E-state index in [1.807, 2.05) is 85.8 Å². The largest absolute Gasteiger partial charge is 0.466 e. The van der Waals surface area contributed by atoms with Crippen LogP contribution in [0.4, 0.5) is 0 Å². The lowest BCUT2D eigenvalue weighted by atomic mass is 9.98. The topological polar surface area (TPSA) is 119 Å². The second kappa shape index (κ2) is 12.9. The number of hydrogen-bond acceptors (Lipinski definition) is 8. The molecule has 1 N–H and O–H groups in total. The zero-order valence-electron chi connectivity index (χ0n) is 23.8. The van der Waals surface area contributed by atoms with Crippen molar-refractivity contribution in [3.63, 3.8) is 0 Å². The Labute approximate surface area is 244 Å². The molecule has 0 aliphatic carbocycles. The minimum Gasteiger partial charge on any atom is -0.466 e. The van der Waals surface area contributed by atoms with Crippen LogP contribution in [0.5, 0.6) is 0 Å². The highest BCUT2D eigenvalue weighted by Gasteiger charge is 2.50. The SMILES string of the molecule is CCCC(=O)n1nnnc1-c1ccccc1-c1ccc(CNC2(C(=O)OC)CCCN2C(=O)Cc2ccccc2)cc1. The van der Waals surface area contributed by atoms with Crippen LogP contribution < -0.4 is 5.32 Å². The molecule has 10 heteroatoms. The van der Waals surface area contributed by atoms with Gasteiger partial charge < -0.3 is 9.64 Å². The van der Waals surface area contributed by atoms with Crippen molar-refractivity contribution in [3.8, 4) is 22.5 Å². The molecule has 216 valence electrons. The maximum absolute atomic E-state index is 13.3. The molecule has 5 rings (SSSR count). The summed E-state index contributed by atoms with van der Waals surface area (Å²) in [5.74, 6) is -0.349. The molecule has 10 nitrogen and oxygen atoms in total. The predicted molar refractivity (Wildman–Crippen MR) is 157 cm³/mol. The zero-order valence-corrected chi connectivity index (χ0v) is 23.8. The molecule has 0 radical (unpaired) electrons. The van der Waals surface area contributed by atoms with Crippen LogP contribution in [0.15, 0.2) is 78.9 Å². The molecule has 1 saturated heterocycles. The summed E-state index contributed by atoms with van der Waals surface area (Å²) < 4.78 is 6.45. The molecule has 1 unspecified atom stereocenters. The fourth-order valence-electron chi connectivity index (χ4n) is 5.48. The molecule has 1 aliphatic rings. The Balaban J connectivity index is 1.35. The number of carbonyl (C=O) groups is 3. The van der Waals surface area contributed by atoms with E-state index in [2.05, 4.69) is 20.8 Å². The van der Waals surface area contributed by atoms with E-state index in [-0.39, 0.29) is 18.2 Å². The molecule has 1 aromatic heterocycles. The van der Waals surface area contributed by atoms with Crippen LogP contribution in [0.25, 0.3) is 22.5 Å². The first-order valence-corrected chi connectivity index (χ1v) is 14.1. The molecule has 0 saturated carbocycles. The van der Waals surface area contributed by atoms with Gasteiger partial charge in [-0.05, 0) is 51.9 Å². The molecule has 1 atom stereocenters. The summed E-state index contributed by atoms with van der Waals surface area (Å²) in [5.41, 5.74) is 3.17. The highest BCUT2D eigenvalue weighted by molar-refractivity contribution is 5.89. The Bertz CT molecular complexity index is 1550. The molecular formula is C32H34N6O4. The van der Waals surface area contributed by atoms with Crippen molar-refractivity contribution in [3.05, 3.63) is 90.0 Å². The van der Waals surface area contributed by atoms with Crippen molar-refractivity contribution < 1.29 is 19.1 Å². The minimum absolute atomic E-state index is 0.122. The number of nitrogens with zero attached hydrogens (tertiary/aromatic N) is 5. The molecular weight excluding hydrogens is 532 g/mol. The molecule has 42 heavy (non-hydrogen) atoms. The number of rotatable bonds is 10. The third-order valence-corrected chi connectivity index (χ3v) is 7.59. The van der Waals surface area contributed by atoms with Crippen molar-refractivity contribution >= 4 is 17.8 Å². The number of aromatic nitrogens is 4. The van der Waals surface area contributed by atoms with E-state index < -0.39 is 11.6 Å². The van der Waals surface area contributed by atoms with Gasteiger partial charge in [0.15, 0.2) is 11.5 Å². The summed E-state index contributed by atoms with van der Waals surface area (Å²) in [4.78, 5) is 40.7. The number of esters is 1. The van der Waals surface area contributed by atoms with Crippen molar-refractivity contribution in [2.24, 2.45) is 0 Å². The molecule has 1 amide bonds. The molecule has 2 heterocycles. The lowest BCUT2D eigenvalue weighted by Gasteiger charge is -2.37. The Morgan fingerprint density at radius 1 is 0.905 bits per heavy atom. The summed E-state index contributed by atoms with van der Waals surface area (Å²) in [6, 6.07) is 25.1. The van der Waals surface area contributed by atoms with Crippen LogP contribution in [0, 0.1) is 0 Å². The van der Waals surface area contributed by atoms with Gasteiger partial charge in [-0.1, -0.05) is 85.8 Å². The van der Waals surface area contributed by atoms with Crippen LogP contribution in [0.1, 0.15) is 48.5 Å². The number of tetrazole rings is 1. The first-order chi connectivity index (χ1) is 20.5. The Kier molecular flexibility index (Phi) is 8.83. The van der Waals surface area contributed by atoms with Crippen molar-refractivity contribution in [2.45, 2.75) is 51.2 Å². The molecule has 3 aromatic carbocycles. The monoisotopic (exact) mass is 566 g/mol. The fourth-order valence-corrected chi connectivity index (χ4v) is 5.48. The number of likely N-dealkylation sites (tertiary alicyclic amines) is 1. The number of hydrogen-bond donors (Lipinski definition) is 1. The molecule has 0 bridgehead atoms. The van der Waals surface area contributed by atoms with E-state index in [9.17, 15) is 14.4 Å². The van der Waals surface area contributed by atoms with Crippen molar-refractivity contribution in [2.75, 3.05) is 13.7 Å². The first kappa shape index (κ1) is 28.8. The zero-order chi connectivity index (χ0) is 29.5. The number of methoxy groups -OCH3 is 1. The van der Waals surface area contributed by atoms with E-state index in [0.717, 1.165) is 27.8 Å². The van der Waals surface area contributed by atoms with Crippen LogP contribution in [-0.2, 0) is 27.3 Å². The lowest BCUT2D eigenvalue weighted by molar-refractivity contribution is -0.162. The average Bonchev–Trinajstić information content (AvgIpc) is 3.69. The van der Waals surface area contributed by atoms with Gasteiger partial charge >= 0.3 is 5.97 Å². The first-order valence-electron chi connectivity index (χ1n) is 14.1. The minimum atomic E-state index is -1.23. The van der Waals surface area contributed by atoms with Gasteiger partial charge in [0, 0.05) is 25.1 Å². The van der Waals surface area contributed by atoms with Crippen molar-refractivity contribution in [1.29, 1.82) is 0 Å². The summed E-state index contributed by atoms with van der Waals surface area (Å²) in [7, 11) is 1.35. The summed E-state index contributed by atoms with van der Waals surface area (Å²) >= 11 is 0. The van der Waals surface area contributed by atoms with Crippen LogP contribution in [-0.4, -0.2) is 62.2 Å². The Hall–Kier alpha value is -4.70. The van der Waals surface area contributed by atoms with Crippen molar-refractivity contribution in [1.82, 2.24) is 30.4 Å². The average molecular weight is 567 g/mol. The van der Waals surface area contributed by atoms with Gasteiger partial charge in [-0.3, -0.25) is 14.9 Å². The second-order valence-corrected chi connectivity index (χ2v) is 10.3. The van der Waals surface area contributed by atoms with Crippen LogP contribution in [0.2, 0.25) is 0 Å². The number of ether oxygens (including phenoxy) is 1. The third-order valence-electron chi connectivity index (χ3n) is 7.59. The van der Waals surface area contributed by atoms with E-state index in [0.29, 0.717) is 44.6 Å². The summed E-state index contributed by atoms with van der Waals surface area (Å²) in [6.07, 6.45) is 2.42. The number of nitrogens with one attached hydrogen (secondary N) is 1. The van der Waals surface area contributed by atoms with Gasteiger partial charge in [0.25, 0.3) is 0 Å². The normalized spacial score (nSPS) is 16.4. The molecule has 0 spiro atoms. The second-order valence-electron chi connectivity index (χ2n) is 10.3. The number of carbonyl (C=O) groups excluding carboxylic acids is 3. The number of amides is 1. The summed E-state index contributed by atoms with van der Waals surface area (Å²) in [6.45, 7) is 2.77. The van der Waals surface area contributed by atoms with E-state index in [1.165, 1.54) is 11.8 Å². The van der Waals surface area contributed by atoms with Crippen LogP contribution in [0.3, 0.4) is 0 Å². The Morgan fingerprint density at radius 3 is 2.33 bits per heavy atom. The number of benzene rings is 3. The van der Waals surface area contributed by atoms with Gasteiger partial charge in [-0.25, -0.2) is 4.79 Å². The maximum Gasteiger partial charge on any atom is 0.347 e. The quantitative estimate of drug-likeness (QED) is 0.223. The van der Waals surface area contributed by atoms with Crippen LogP contribution >= 0.6 is 0 Å². The lowest BCUT2D eigenvalue weighted by Crippen LogP contribution is -2.62. The molecule has 1 aliphatic heterocycles. The van der Waals surface area contributed by atoms with E-state index in [4.69, 9.17) is 4.74 Å². The molecule has 1 fully saturated rings. The highest BCUT2D eigenvalue weighted by Crippen LogP contribution is 2.32. The van der Waals surface area contributed by atoms with Gasteiger partial charge in [0.05, 0.1) is 13.5 Å². The van der Waals surface area contributed by atoms with Gasteiger partial charge in [-0.15, -0.1) is 5.10 Å². The van der Waals surface area contributed by atoms with E-state index in [1.54, 1.807) is 4.90 Å². The molecule has 4 aromatic rings. The van der Waals surface area contributed by atoms with Gasteiger partial charge in [-0.2, -0.15) is 4.68 Å². The summed E-state index contributed by atoms with van der Waals surface area (Å²) in [5, 5.41) is 15.2. The predicted octanol–water partition coefficient (Wildman–Crippen LogP) is 4.27. The highest BCUT2D eigenvalue weighted by atomic mass is 16.5. The smallest absolute Gasteiger partial charge is 0.347 e.